The van der Waals surface area contributed by atoms with Gasteiger partial charge in [-0.05, 0) is 12.8 Å². The molecule has 0 bridgehead atoms. The highest BCUT2D eigenvalue weighted by molar-refractivity contribution is 9.12. The van der Waals surface area contributed by atoms with Crippen molar-refractivity contribution in [1.29, 1.82) is 5.26 Å². The van der Waals surface area contributed by atoms with Crippen molar-refractivity contribution in [3.05, 3.63) is 0 Å². The third-order valence-electron chi connectivity index (χ3n) is 2.95. The summed E-state index contributed by atoms with van der Waals surface area (Å²) in [6.07, 6.45) is 5.92. The zero-order chi connectivity index (χ0) is 12.0. The average molecular weight is 352 g/mol. The molecule has 5 heteroatoms. The van der Waals surface area contributed by atoms with Gasteiger partial charge in [0.15, 0.2) is 0 Å². The lowest BCUT2D eigenvalue weighted by Crippen LogP contribution is -2.49. The van der Waals surface area contributed by atoms with Crippen LogP contribution in [0.25, 0.3) is 0 Å². The highest BCUT2D eigenvalue weighted by Gasteiger charge is 2.33. The van der Waals surface area contributed by atoms with Crippen LogP contribution in [0.5, 0.6) is 0 Å². The minimum absolute atomic E-state index is 0.0969. The summed E-state index contributed by atoms with van der Waals surface area (Å²) in [6.45, 7) is 0. The maximum Gasteiger partial charge on any atom is 0.235 e. The molecule has 1 saturated carbocycles. The van der Waals surface area contributed by atoms with Crippen LogP contribution in [0.1, 0.15) is 38.5 Å². The molecule has 0 heterocycles. The van der Waals surface area contributed by atoms with Crippen molar-refractivity contribution in [2.75, 3.05) is 5.33 Å². The Labute approximate surface area is 113 Å². The second-order valence-corrected chi connectivity index (χ2v) is 5.97. The molecule has 0 aromatic carbocycles. The van der Waals surface area contributed by atoms with E-state index in [0.29, 0.717) is 5.33 Å². The first-order chi connectivity index (χ1) is 7.63. The molecule has 1 aliphatic rings. The molecule has 1 N–H and O–H groups in total. The van der Waals surface area contributed by atoms with Crippen molar-refractivity contribution < 1.29 is 4.79 Å². The number of carbonyl (C=O) groups is 1. The summed E-state index contributed by atoms with van der Waals surface area (Å²) in [7, 11) is 0. The number of nitrogens with one attached hydrogen (secondary N) is 1. The number of amides is 1. The number of halogens is 2. The number of carbonyl (C=O) groups excluding carboxylic acids is 1. The van der Waals surface area contributed by atoms with E-state index in [1.165, 1.54) is 0 Å². The van der Waals surface area contributed by atoms with Crippen LogP contribution in [0.4, 0.5) is 0 Å². The van der Waals surface area contributed by atoms with Gasteiger partial charge >= 0.3 is 0 Å². The van der Waals surface area contributed by atoms with Gasteiger partial charge in [0, 0.05) is 5.33 Å². The molecule has 0 radical (unpaired) electrons. The number of hydrogen-bond donors (Lipinski definition) is 1. The summed E-state index contributed by atoms with van der Waals surface area (Å²) < 4.78 is 0. The summed E-state index contributed by atoms with van der Waals surface area (Å²) in [5, 5.41) is 12.7. The van der Waals surface area contributed by atoms with E-state index in [1.54, 1.807) is 0 Å². The summed E-state index contributed by atoms with van der Waals surface area (Å²) in [4.78, 5) is 11.5. The molecule has 0 aliphatic heterocycles. The number of rotatable bonds is 3. The highest BCUT2D eigenvalue weighted by Crippen LogP contribution is 2.27. The smallest absolute Gasteiger partial charge is 0.235 e. The van der Waals surface area contributed by atoms with Crippen LogP contribution < -0.4 is 5.32 Å². The topological polar surface area (TPSA) is 52.9 Å². The van der Waals surface area contributed by atoms with Crippen LogP contribution in [-0.4, -0.2) is 21.6 Å². The van der Waals surface area contributed by atoms with Gasteiger partial charge in [0.25, 0.3) is 0 Å². The lowest BCUT2D eigenvalue weighted by Gasteiger charge is -2.27. The first-order valence-electron chi connectivity index (χ1n) is 5.57. The summed E-state index contributed by atoms with van der Waals surface area (Å²) in [5.74, 6) is -0.0969. The Morgan fingerprint density at radius 3 is 2.38 bits per heavy atom. The standard InChI is InChI=1S/C11H16Br2N2O/c12-7-9(13)10(16)15-11(8-14)5-3-1-2-4-6-11/h9H,1-7H2,(H,15,16). The molecule has 0 aromatic heterocycles. The lowest BCUT2D eigenvalue weighted by atomic mass is 9.92. The Morgan fingerprint density at radius 2 is 1.94 bits per heavy atom. The second-order valence-electron chi connectivity index (χ2n) is 4.22. The van der Waals surface area contributed by atoms with Crippen LogP contribution in [-0.2, 0) is 4.79 Å². The Morgan fingerprint density at radius 1 is 1.38 bits per heavy atom. The van der Waals surface area contributed by atoms with E-state index in [1.807, 2.05) is 0 Å². The third-order valence-corrected chi connectivity index (χ3v) is 5.21. The molecule has 1 amide bonds. The maximum atomic E-state index is 11.8. The van der Waals surface area contributed by atoms with Gasteiger partial charge in [-0.1, -0.05) is 57.5 Å². The van der Waals surface area contributed by atoms with E-state index in [9.17, 15) is 10.1 Å². The monoisotopic (exact) mass is 350 g/mol. The van der Waals surface area contributed by atoms with Gasteiger partial charge in [0.1, 0.15) is 10.4 Å². The van der Waals surface area contributed by atoms with Crippen molar-refractivity contribution >= 4 is 37.8 Å². The van der Waals surface area contributed by atoms with Gasteiger partial charge in [-0.25, -0.2) is 0 Å². The Bertz CT molecular complexity index is 280. The van der Waals surface area contributed by atoms with Crippen molar-refractivity contribution in [3.8, 4) is 6.07 Å². The maximum absolute atomic E-state index is 11.8. The van der Waals surface area contributed by atoms with E-state index in [4.69, 9.17) is 0 Å². The molecule has 0 saturated heterocycles. The zero-order valence-electron chi connectivity index (χ0n) is 9.14. The van der Waals surface area contributed by atoms with Crippen LogP contribution in [0.15, 0.2) is 0 Å². The first kappa shape index (κ1) is 14.0. The molecule has 1 aliphatic carbocycles. The molecule has 90 valence electrons. The molecule has 16 heavy (non-hydrogen) atoms. The molecule has 1 rings (SSSR count). The molecular formula is C11H16Br2N2O. The number of nitriles is 1. The van der Waals surface area contributed by atoms with E-state index in [-0.39, 0.29) is 10.7 Å². The normalized spacial score (nSPS) is 21.6. The molecule has 1 fully saturated rings. The molecular weight excluding hydrogens is 336 g/mol. The van der Waals surface area contributed by atoms with E-state index >= 15 is 0 Å². The van der Waals surface area contributed by atoms with Crippen molar-refractivity contribution in [2.45, 2.75) is 48.9 Å². The van der Waals surface area contributed by atoms with Gasteiger partial charge in [-0.3, -0.25) is 4.79 Å². The fraction of sp³-hybridized carbons (Fsp3) is 0.818. The van der Waals surface area contributed by atoms with Gasteiger partial charge in [0.05, 0.1) is 6.07 Å². The molecule has 1 atom stereocenters. The largest absolute Gasteiger partial charge is 0.337 e. The Kier molecular flexibility index (Phi) is 5.77. The number of hydrogen-bond acceptors (Lipinski definition) is 2. The fourth-order valence-corrected chi connectivity index (χ4v) is 2.39. The van der Waals surface area contributed by atoms with E-state index < -0.39 is 5.54 Å². The van der Waals surface area contributed by atoms with Crippen LogP contribution in [0, 0.1) is 11.3 Å². The molecule has 1 unspecified atom stereocenters. The van der Waals surface area contributed by atoms with Crippen molar-refractivity contribution in [3.63, 3.8) is 0 Å². The highest BCUT2D eigenvalue weighted by atomic mass is 79.9. The van der Waals surface area contributed by atoms with Crippen molar-refractivity contribution in [1.82, 2.24) is 5.32 Å². The lowest BCUT2D eigenvalue weighted by molar-refractivity contribution is -0.121. The van der Waals surface area contributed by atoms with Crippen LogP contribution in [0.2, 0.25) is 0 Å². The summed E-state index contributed by atoms with van der Waals surface area (Å²) in [5.41, 5.74) is -0.637. The van der Waals surface area contributed by atoms with Crippen LogP contribution in [0.3, 0.4) is 0 Å². The SMILES string of the molecule is N#CC1(NC(=O)C(Br)CBr)CCCCCC1. The Hall–Kier alpha value is -0.0800. The van der Waals surface area contributed by atoms with Crippen molar-refractivity contribution in [2.24, 2.45) is 0 Å². The van der Waals surface area contributed by atoms with E-state index in [2.05, 4.69) is 43.2 Å². The van der Waals surface area contributed by atoms with Gasteiger partial charge < -0.3 is 5.32 Å². The number of nitrogens with zero attached hydrogens (tertiary/aromatic N) is 1. The van der Waals surface area contributed by atoms with Gasteiger partial charge in [-0.15, -0.1) is 0 Å². The second kappa shape index (κ2) is 6.61. The number of alkyl halides is 2. The van der Waals surface area contributed by atoms with Crippen LogP contribution >= 0.6 is 31.9 Å². The predicted molar refractivity (Wildman–Crippen MR) is 70.7 cm³/mol. The quantitative estimate of drug-likeness (QED) is 0.627. The fourth-order valence-electron chi connectivity index (χ4n) is 1.98. The predicted octanol–water partition coefficient (Wildman–Crippen LogP) is 2.88. The van der Waals surface area contributed by atoms with Gasteiger partial charge in [-0.2, -0.15) is 5.26 Å². The first-order valence-corrected chi connectivity index (χ1v) is 7.60. The summed E-state index contributed by atoms with van der Waals surface area (Å²) >= 11 is 6.52. The molecule has 0 aromatic rings. The summed E-state index contributed by atoms with van der Waals surface area (Å²) in [6, 6.07) is 2.30. The molecule has 0 spiro atoms. The minimum atomic E-state index is -0.637. The minimum Gasteiger partial charge on any atom is -0.337 e. The van der Waals surface area contributed by atoms with Gasteiger partial charge in [0.2, 0.25) is 5.91 Å². The zero-order valence-corrected chi connectivity index (χ0v) is 12.3. The van der Waals surface area contributed by atoms with E-state index in [0.717, 1.165) is 38.5 Å². The molecule has 3 nitrogen and oxygen atoms in total. The Balaban J connectivity index is 2.65. The average Bonchev–Trinajstić information content (AvgIpc) is 2.54. The third kappa shape index (κ3) is 3.74.